The van der Waals surface area contributed by atoms with E-state index in [4.69, 9.17) is 38.1 Å². The van der Waals surface area contributed by atoms with Crippen molar-refractivity contribution >= 4 is 29.1 Å². The van der Waals surface area contributed by atoms with Crippen molar-refractivity contribution < 1.29 is 9.47 Å². The quantitative estimate of drug-likeness (QED) is 0.579. The maximum atomic E-state index is 10.5. The summed E-state index contributed by atoms with van der Waals surface area (Å²) in [5.74, 6) is -2.22. The lowest BCUT2D eigenvalue weighted by Gasteiger charge is -2.52. The minimum absolute atomic E-state index is 0.0896. The van der Waals surface area contributed by atoms with Gasteiger partial charge < -0.3 is 9.47 Å². The molecule has 0 spiro atoms. The lowest BCUT2D eigenvalue weighted by atomic mass is 9.50. The fourth-order valence-corrected chi connectivity index (χ4v) is 6.15. The molecule has 2 heterocycles. The van der Waals surface area contributed by atoms with Crippen LogP contribution >= 0.6 is 23.2 Å². The van der Waals surface area contributed by atoms with Crippen molar-refractivity contribution in [2.45, 2.75) is 37.1 Å². The summed E-state index contributed by atoms with van der Waals surface area (Å²) in [6.07, 6.45) is 0.455. The van der Waals surface area contributed by atoms with E-state index < -0.39 is 28.6 Å². The van der Waals surface area contributed by atoms with Crippen LogP contribution in [-0.2, 0) is 9.47 Å². The predicted octanol–water partition coefficient (Wildman–Crippen LogP) is 5.90. The van der Waals surface area contributed by atoms with Gasteiger partial charge >= 0.3 is 0 Å². The van der Waals surface area contributed by atoms with E-state index >= 15 is 0 Å². The van der Waals surface area contributed by atoms with E-state index in [1.54, 1.807) is 18.2 Å². The first-order chi connectivity index (χ1) is 15.9. The molecule has 2 aromatic rings. The van der Waals surface area contributed by atoms with E-state index in [0.29, 0.717) is 23.4 Å². The summed E-state index contributed by atoms with van der Waals surface area (Å²) in [5.41, 5.74) is -2.26. The molecule has 3 fully saturated rings. The number of halogens is 2. The SMILES string of the molecule is N#CC1(C#N)C(c2ccc(Cl)c(Cl)c2)OC23CCC(c4ccccc4)CC2C1(C#N)C(=N)O3. The molecular weight excluding hydrogens is 459 g/mol. The lowest BCUT2D eigenvalue weighted by molar-refractivity contribution is -0.296. The summed E-state index contributed by atoms with van der Waals surface area (Å²) in [6, 6.07) is 21.0. The van der Waals surface area contributed by atoms with Crippen LogP contribution < -0.4 is 0 Å². The molecule has 6 nitrogen and oxygen atoms in total. The van der Waals surface area contributed by atoms with Gasteiger partial charge in [0.25, 0.3) is 0 Å². The van der Waals surface area contributed by atoms with Gasteiger partial charge in [-0.3, -0.25) is 5.41 Å². The fourth-order valence-electron chi connectivity index (χ4n) is 5.84. The zero-order chi connectivity index (χ0) is 23.4. The Balaban J connectivity index is 1.69. The molecule has 33 heavy (non-hydrogen) atoms. The maximum Gasteiger partial charge on any atom is 0.217 e. The first-order valence-electron chi connectivity index (χ1n) is 10.6. The molecule has 0 radical (unpaired) electrons. The molecule has 1 saturated carbocycles. The van der Waals surface area contributed by atoms with Crippen molar-refractivity contribution in [3.05, 3.63) is 69.7 Å². The molecule has 5 atom stereocenters. The van der Waals surface area contributed by atoms with Gasteiger partial charge in [-0.2, -0.15) is 15.8 Å². The van der Waals surface area contributed by atoms with Gasteiger partial charge in [0, 0.05) is 6.42 Å². The second-order valence-electron chi connectivity index (χ2n) is 8.80. The number of hydrogen-bond donors (Lipinski definition) is 1. The molecule has 2 bridgehead atoms. The van der Waals surface area contributed by atoms with Crippen LogP contribution in [0.5, 0.6) is 0 Å². The Hall–Kier alpha value is -3.08. The molecule has 164 valence electrons. The maximum absolute atomic E-state index is 10.5. The molecule has 1 aliphatic carbocycles. The number of benzene rings is 2. The molecular formula is C25H18Cl2N4O2. The third-order valence-electron chi connectivity index (χ3n) is 7.43. The van der Waals surface area contributed by atoms with E-state index in [1.165, 1.54) is 0 Å². The van der Waals surface area contributed by atoms with Crippen LogP contribution in [0, 0.1) is 56.2 Å². The summed E-state index contributed by atoms with van der Waals surface area (Å²) < 4.78 is 12.5. The first-order valence-corrected chi connectivity index (χ1v) is 11.3. The monoisotopic (exact) mass is 476 g/mol. The summed E-state index contributed by atoms with van der Waals surface area (Å²) in [6.45, 7) is 0. The number of rotatable bonds is 2. The van der Waals surface area contributed by atoms with Crippen LogP contribution in [0.25, 0.3) is 0 Å². The Morgan fingerprint density at radius 1 is 0.939 bits per heavy atom. The second kappa shape index (κ2) is 7.47. The number of ether oxygens (including phenoxy) is 2. The fraction of sp³-hybridized carbons (Fsp3) is 0.360. The highest BCUT2D eigenvalue weighted by atomic mass is 35.5. The minimum atomic E-state index is -2.01. The van der Waals surface area contributed by atoms with Crippen LogP contribution in [0.2, 0.25) is 10.0 Å². The summed E-state index contributed by atoms with van der Waals surface area (Å²) >= 11 is 12.3. The Kier molecular flexibility index (Phi) is 4.93. The van der Waals surface area contributed by atoms with Crippen molar-refractivity contribution in [1.82, 2.24) is 0 Å². The van der Waals surface area contributed by atoms with Gasteiger partial charge in [-0.25, -0.2) is 0 Å². The van der Waals surface area contributed by atoms with Crippen LogP contribution in [0.1, 0.15) is 42.4 Å². The molecule has 8 heteroatoms. The number of nitrogens with one attached hydrogen (secondary N) is 1. The Morgan fingerprint density at radius 2 is 1.67 bits per heavy atom. The Morgan fingerprint density at radius 3 is 2.30 bits per heavy atom. The highest BCUT2D eigenvalue weighted by Crippen LogP contribution is 2.70. The Labute approximate surface area is 201 Å². The molecule has 3 aliphatic rings. The summed E-state index contributed by atoms with van der Waals surface area (Å²) in [4.78, 5) is 0. The molecule has 5 rings (SSSR count). The molecule has 5 unspecified atom stereocenters. The van der Waals surface area contributed by atoms with Crippen molar-refractivity contribution in [2.75, 3.05) is 0 Å². The third kappa shape index (κ3) is 2.71. The normalized spacial score (nSPS) is 33.7. The highest BCUT2D eigenvalue weighted by Gasteiger charge is 2.81. The van der Waals surface area contributed by atoms with E-state index in [1.807, 2.05) is 30.3 Å². The zero-order valence-corrected chi connectivity index (χ0v) is 18.9. The number of nitrogens with zero attached hydrogens (tertiary/aromatic N) is 3. The molecule has 0 aromatic heterocycles. The van der Waals surface area contributed by atoms with Crippen molar-refractivity contribution in [2.24, 2.45) is 16.7 Å². The highest BCUT2D eigenvalue weighted by molar-refractivity contribution is 6.42. The summed E-state index contributed by atoms with van der Waals surface area (Å²) in [7, 11) is 0. The van der Waals surface area contributed by atoms with Gasteiger partial charge in [0.05, 0.1) is 34.2 Å². The third-order valence-corrected chi connectivity index (χ3v) is 8.17. The van der Waals surface area contributed by atoms with E-state index in [2.05, 4.69) is 18.2 Å². The largest absolute Gasteiger partial charge is 0.447 e. The van der Waals surface area contributed by atoms with E-state index in [-0.39, 0.29) is 16.8 Å². The van der Waals surface area contributed by atoms with Gasteiger partial charge in [0.15, 0.2) is 5.41 Å². The predicted molar refractivity (Wildman–Crippen MR) is 120 cm³/mol. The van der Waals surface area contributed by atoms with Crippen LogP contribution in [0.3, 0.4) is 0 Å². The minimum Gasteiger partial charge on any atom is -0.447 e. The zero-order valence-electron chi connectivity index (χ0n) is 17.4. The van der Waals surface area contributed by atoms with E-state index in [9.17, 15) is 15.8 Å². The lowest BCUT2D eigenvalue weighted by Crippen LogP contribution is -2.60. The molecule has 1 N–H and O–H groups in total. The number of nitriles is 3. The smallest absolute Gasteiger partial charge is 0.217 e. The van der Waals surface area contributed by atoms with Crippen molar-refractivity contribution in [3.8, 4) is 18.2 Å². The number of hydrogen-bond acceptors (Lipinski definition) is 6. The van der Waals surface area contributed by atoms with Gasteiger partial charge in [-0.15, -0.1) is 0 Å². The van der Waals surface area contributed by atoms with Gasteiger partial charge in [-0.05, 0) is 42.0 Å². The van der Waals surface area contributed by atoms with Crippen molar-refractivity contribution in [3.63, 3.8) is 0 Å². The van der Waals surface area contributed by atoms with Crippen LogP contribution in [-0.4, -0.2) is 11.7 Å². The van der Waals surface area contributed by atoms with Gasteiger partial charge in [0.1, 0.15) is 6.10 Å². The van der Waals surface area contributed by atoms with Crippen molar-refractivity contribution in [1.29, 1.82) is 21.2 Å². The standard InChI is InChI=1S/C25H18Cl2N4O2/c26-18-7-6-17(10-19(18)27)21-23(12-28,13-29)24(14-30)20-11-16(15-4-2-1-3-5-15)8-9-25(20,32-21)33-22(24)31/h1-7,10,16,20-21,31H,8-9,11H2. The topological polar surface area (TPSA) is 114 Å². The average molecular weight is 477 g/mol. The second-order valence-corrected chi connectivity index (χ2v) is 9.61. The molecule has 2 saturated heterocycles. The van der Waals surface area contributed by atoms with E-state index in [0.717, 1.165) is 12.0 Å². The first kappa shape index (κ1) is 21.7. The molecule has 0 amide bonds. The van der Waals surface area contributed by atoms with Crippen LogP contribution in [0.15, 0.2) is 48.5 Å². The summed E-state index contributed by atoms with van der Waals surface area (Å²) in [5, 5.41) is 40.5. The van der Waals surface area contributed by atoms with Gasteiger partial charge in [-0.1, -0.05) is 59.6 Å². The molecule has 2 aromatic carbocycles. The average Bonchev–Trinajstić information content (AvgIpc) is 3.04. The Bertz CT molecular complexity index is 1260. The van der Waals surface area contributed by atoms with Gasteiger partial charge in [0.2, 0.25) is 17.1 Å². The van der Waals surface area contributed by atoms with Crippen LogP contribution in [0.4, 0.5) is 0 Å². The molecule has 2 aliphatic heterocycles.